The Balaban J connectivity index is 0.868. The van der Waals surface area contributed by atoms with Gasteiger partial charge in [0.15, 0.2) is 5.71 Å². The van der Waals surface area contributed by atoms with Crippen LogP contribution < -0.4 is 15.5 Å². The molecule has 356 valence electrons. The standard InChI is InChI=1S/C60H66ClN5O3/c1-9-11-17-35-65-52-32-27-43-19-15-16-20-46(43)57(52)60(7,8)54(65)22-14-12-13-21-53-59(5,6)49-37-42(24-31-51(49)64(53)10-2)38-55(67)62-33-18-34-63-56(68)39-47-41(4)66(50-30-23-40(3)36-48(47)50)58(69)44-25-28-45(61)29-26-44/h12-16,19-32,36-37H,9-11,17-18,33-35,38-39H2,1-8H3,(H-,62,63,67,68)/p+1. The third kappa shape index (κ3) is 9.87. The Morgan fingerprint density at radius 3 is 2.22 bits per heavy atom. The van der Waals surface area contributed by atoms with Gasteiger partial charge in [0.25, 0.3) is 5.91 Å². The van der Waals surface area contributed by atoms with Gasteiger partial charge in [-0.05, 0) is 130 Å². The predicted molar refractivity (Wildman–Crippen MR) is 286 cm³/mol. The number of nitrogens with one attached hydrogen (secondary N) is 2. The minimum atomic E-state index is -0.260. The van der Waals surface area contributed by atoms with Crippen molar-refractivity contribution in [1.82, 2.24) is 15.2 Å². The van der Waals surface area contributed by atoms with E-state index in [1.165, 1.54) is 57.5 Å². The molecule has 0 spiro atoms. The molecule has 0 saturated heterocycles. The van der Waals surface area contributed by atoms with Gasteiger partial charge in [-0.1, -0.05) is 105 Å². The maximum Gasteiger partial charge on any atom is 0.262 e. The topological polar surface area (TPSA) is 86.4 Å². The van der Waals surface area contributed by atoms with Crippen LogP contribution in [0.15, 0.2) is 133 Å². The zero-order valence-electron chi connectivity index (χ0n) is 41.6. The monoisotopic (exact) mass is 940 g/mol. The fourth-order valence-corrected chi connectivity index (χ4v) is 10.8. The van der Waals surface area contributed by atoms with E-state index in [4.69, 9.17) is 11.6 Å². The van der Waals surface area contributed by atoms with Gasteiger partial charge in [0.1, 0.15) is 6.54 Å². The molecule has 8 rings (SSSR count). The summed E-state index contributed by atoms with van der Waals surface area (Å²) < 4.78 is 4.24. The lowest BCUT2D eigenvalue weighted by molar-refractivity contribution is -0.438. The zero-order valence-corrected chi connectivity index (χ0v) is 42.4. The molecule has 2 amide bonds. The molecule has 0 fully saturated rings. The normalized spacial score (nSPS) is 15.6. The second kappa shape index (κ2) is 20.6. The lowest BCUT2D eigenvalue weighted by Gasteiger charge is -2.25. The molecular weight excluding hydrogens is 874 g/mol. The van der Waals surface area contributed by atoms with Crippen LogP contribution in [0.5, 0.6) is 0 Å². The van der Waals surface area contributed by atoms with Gasteiger partial charge in [-0.2, -0.15) is 4.58 Å². The number of hydrogen-bond donors (Lipinski definition) is 2. The maximum absolute atomic E-state index is 13.7. The molecule has 6 aromatic rings. The first-order valence-electron chi connectivity index (χ1n) is 24.7. The Bertz CT molecular complexity index is 3070. The van der Waals surface area contributed by atoms with Gasteiger partial charge in [0.05, 0.1) is 23.8 Å². The first kappa shape index (κ1) is 48.9. The van der Waals surface area contributed by atoms with E-state index in [1.807, 2.05) is 32.0 Å². The number of halogens is 1. The minimum Gasteiger partial charge on any atom is -0.356 e. The summed E-state index contributed by atoms with van der Waals surface area (Å²) in [6, 6.07) is 32.5. The quantitative estimate of drug-likeness (QED) is 0.0542. The molecule has 0 unspecified atom stereocenters. The number of anilines is 1. The number of allylic oxidation sites excluding steroid dienone is 6. The molecule has 2 aliphatic rings. The molecule has 2 aliphatic heterocycles. The Hall–Kier alpha value is -6.51. The largest absolute Gasteiger partial charge is 0.356 e. The highest BCUT2D eigenvalue weighted by Crippen LogP contribution is 2.48. The fourth-order valence-electron chi connectivity index (χ4n) is 10.6. The lowest BCUT2D eigenvalue weighted by Crippen LogP contribution is -2.31. The van der Waals surface area contributed by atoms with Crippen LogP contribution in [0.2, 0.25) is 5.02 Å². The summed E-state index contributed by atoms with van der Waals surface area (Å²) in [5.41, 5.74) is 12.1. The lowest BCUT2D eigenvalue weighted by atomic mass is 9.79. The number of carbonyl (C=O) groups is 3. The molecule has 3 heterocycles. The molecule has 8 nitrogen and oxygen atoms in total. The number of unbranched alkanes of at least 4 members (excludes halogenated alkanes) is 2. The molecule has 0 atom stereocenters. The summed E-state index contributed by atoms with van der Waals surface area (Å²) in [5, 5.41) is 10.1. The second-order valence-electron chi connectivity index (χ2n) is 19.7. The predicted octanol–water partition coefficient (Wildman–Crippen LogP) is 12.5. The van der Waals surface area contributed by atoms with E-state index in [1.54, 1.807) is 28.8 Å². The van der Waals surface area contributed by atoms with Gasteiger partial charge in [-0.3, -0.25) is 19.0 Å². The summed E-state index contributed by atoms with van der Waals surface area (Å²) in [7, 11) is 0. The molecule has 5 aromatic carbocycles. The van der Waals surface area contributed by atoms with E-state index in [2.05, 4.69) is 147 Å². The van der Waals surface area contributed by atoms with E-state index in [0.717, 1.165) is 52.8 Å². The van der Waals surface area contributed by atoms with Gasteiger partial charge >= 0.3 is 0 Å². The SMILES string of the molecule is CCCCC[N+]1=C(/C=C/C=C/C=C2\N(CC)c3ccc(CC(=O)NCCCNC(=O)Cc4c(C)n(C(=O)c5ccc(Cl)cc5)c5ccc(C)cc45)cc3C2(C)C)C(C)(C)c2c1ccc1ccccc21. The molecule has 0 aliphatic carbocycles. The van der Waals surface area contributed by atoms with Gasteiger partial charge in [0.2, 0.25) is 17.5 Å². The number of carbonyl (C=O) groups excluding carboxylic acids is 3. The van der Waals surface area contributed by atoms with Crippen LogP contribution in [-0.4, -0.2) is 58.8 Å². The number of amides is 2. The summed E-state index contributed by atoms with van der Waals surface area (Å²) >= 11 is 6.09. The van der Waals surface area contributed by atoms with Gasteiger partial charge in [-0.25, -0.2) is 0 Å². The number of fused-ring (bicyclic) bond motifs is 5. The van der Waals surface area contributed by atoms with Crippen molar-refractivity contribution < 1.29 is 19.0 Å². The Morgan fingerprint density at radius 2 is 1.48 bits per heavy atom. The number of rotatable bonds is 17. The van der Waals surface area contributed by atoms with Crippen molar-refractivity contribution in [1.29, 1.82) is 0 Å². The summed E-state index contributed by atoms with van der Waals surface area (Å²) in [6.45, 7) is 20.3. The highest BCUT2D eigenvalue weighted by Gasteiger charge is 2.45. The van der Waals surface area contributed by atoms with Gasteiger partial charge in [0, 0.05) is 82.2 Å². The first-order chi connectivity index (χ1) is 33.1. The average molecular weight is 942 g/mol. The van der Waals surface area contributed by atoms with Crippen molar-refractivity contribution in [2.24, 2.45) is 0 Å². The van der Waals surface area contributed by atoms with Gasteiger partial charge in [-0.15, -0.1) is 0 Å². The van der Waals surface area contributed by atoms with Crippen molar-refractivity contribution in [3.8, 4) is 0 Å². The van der Waals surface area contributed by atoms with Crippen LogP contribution >= 0.6 is 11.6 Å². The highest BCUT2D eigenvalue weighted by atomic mass is 35.5. The van der Waals surface area contributed by atoms with E-state index < -0.39 is 0 Å². The van der Waals surface area contributed by atoms with Crippen LogP contribution in [0.4, 0.5) is 11.4 Å². The second-order valence-corrected chi connectivity index (χ2v) is 20.1. The molecule has 2 N–H and O–H groups in total. The van der Waals surface area contributed by atoms with Crippen molar-refractivity contribution in [3.63, 3.8) is 0 Å². The molecule has 69 heavy (non-hydrogen) atoms. The maximum atomic E-state index is 13.7. The average Bonchev–Trinajstić information content (AvgIpc) is 3.81. The zero-order chi connectivity index (χ0) is 49.0. The van der Waals surface area contributed by atoms with Crippen molar-refractivity contribution in [2.75, 3.05) is 31.1 Å². The minimum absolute atomic E-state index is 0.0532. The number of likely N-dealkylation sites (N-methyl/N-ethyl adjacent to an activating group) is 1. The molecule has 0 saturated carbocycles. The summed E-state index contributed by atoms with van der Waals surface area (Å²) in [5.74, 6) is -0.361. The number of aromatic nitrogens is 1. The number of hydrogen-bond acceptors (Lipinski definition) is 4. The summed E-state index contributed by atoms with van der Waals surface area (Å²) in [6.07, 6.45) is 15.6. The Morgan fingerprint density at radius 1 is 0.739 bits per heavy atom. The molecule has 1 aromatic heterocycles. The van der Waals surface area contributed by atoms with Crippen molar-refractivity contribution in [2.45, 2.75) is 105 Å². The third-order valence-corrected chi connectivity index (χ3v) is 14.5. The number of aryl methyl sites for hydroxylation is 1. The van der Waals surface area contributed by atoms with Crippen LogP contribution in [0.25, 0.3) is 21.7 Å². The molecule has 0 bridgehead atoms. The molecule has 0 radical (unpaired) electrons. The van der Waals surface area contributed by atoms with Crippen molar-refractivity contribution in [3.05, 3.63) is 177 Å². The number of nitrogens with zero attached hydrogens (tertiary/aromatic N) is 3. The van der Waals surface area contributed by atoms with Crippen LogP contribution in [-0.2, 0) is 33.3 Å². The van der Waals surface area contributed by atoms with Crippen molar-refractivity contribution >= 4 is 68.1 Å². The van der Waals surface area contributed by atoms with E-state index in [9.17, 15) is 14.4 Å². The third-order valence-electron chi connectivity index (χ3n) is 14.2. The van der Waals surface area contributed by atoms with E-state index in [-0.39, 0.29) is 41.4 Å². The molecule has 9 heteroatoms. The molecular formula is C60H67ClN5O3+. The number of benzene rings is 5. The van der Waals surface area contributed by atoms with Gasteiger partial charge < -0.3 is 15.5 Å². The smallest absolute Gasteiger partial charge is 0.262 e. The van der Waals surface area contributed by atoms with Crippen LogP contribution in [0.3, 0.4) is 0 Å². The van der Waals surface area contributed by atoms with E-state index in [0.29, 0.717) is 30.1 Å². The van der Waals surface area contributed by atoms with Crippen LogP contribution in [0, 0.1) is 13.8 Å². The fraction of sp³-hybridized carbons (Fsp3) is 0.333. The Labute approximate surface area is 413 Å². The first-order valence-corrected chi connectivity index (χ1v) is 25.1. The Kier molecular flexibility index (Phi) is 14.6. The highest BCUT2D eigenvalue weighted by molar-refractivity contribution is 6.30. The summed E-state index contributed by atoms with van der Waals surface area (Å²) in [4.78, 5) is 42.6. The van der Waals surface area contributed by atoms with Crippen LogP contribution in [0.1, 0.15) is 111 Å². The van der Waals surface area contributed by atoms with E-state index >= 15 is 0 Å².